The molecule has 0 fully saturated rings. The van der Waals surface area contributed by atoms with E-state index in [-0.39, 0.29) is 25.7 Å². The Labute approximate surface area is 515 Å². The van der Waals surface area contributed by atoms with Crippen LogP contribution in [-0.2, 0) is 88.0 Å². The van der Waals surface area contributed by atoms with Gasteiger partial charge in [-0.3, -0.25) is 57.5 Å². The molecule has 0 aliphatic rings. The maximum atomic E-state index is 14.7. The van der Waals surface area contributed by atoms with Crippen molar-refractivity contribution in [2.24, 2.45) is 0 Å². The summed E-state index contributed by atoms with van der Waals surface area (Å²) >= 11 is 0. The highest BCUT2D eigenvalue weighted by Crippen LogP contribution is 2.12. The van der Waals surface area contributed by atoms with E-state index in [1.807, 2.05) is 16.0 Å². The first-order valence-electron chi connectivity index (χ1n) is 28.2. The zero-order chi connectivity index (χ0) is 66.3. The summed E-state index contributed by atoms with van der Waals surface area (Å²) in [5, 5.41) is 91.6. The Morgan fingerprint density at radius 2 is 0.489 bits per heavy atom. The van der Waals surface area contributed by atoms with Crippen molar-refractivity contribution in [2.75, 3.05) is 26.4 Å². The Hall–Kier alpha value is -10.2. The fourth-order valence-electron chi connectivity index (χ4n) is 8.77. The quantitative estimate of drug-likeness (QED) is 0.0201. The molecule has 17 N–H and O–H groups in total. The zero-order valence-corrected chi connectivity index (χ0v) is 48.7. The van der Waals surface area contributed by atoms with E-state index in [0.29, 0.717) is 22.3 Å². The van der Waals surface area contributed by atoms with Gasteiger partial charge in [0.15, 0.2) is 0 Å². The molecule has 484 valence electrons. The van der Waals surface area contributed by atoms with Crippen molar-refractivity contribution >= 4 is 77.0 Å². The van der Waals surface area contributed by atoms with Gasteiger partial charge in [0, 0.05) is 45.4 Å². The molecule has 0 aliphatic carbocycles. The molecule has 30 heteroatoms. The lowest BCUT2D eigenvalue weighted by atomic mass is 10.00. The van der Waals surface area contributed by atoms with Gasteiger partial charge in [-0.2, -0.15) is 0 Å². The maximum absolute atomic E-state index is 14.7. The number of carboxylic acid groups (broad SMARTS) is 3. The number of aliphatic carboxylic acids is 3. The van der Waals surface area contributed by atoms with Gasteiger partial charge in [-0.05, 0) is 35.1 Å². The van der Waals surface area contributed by atoms with E-state index in [4.69, 9.17) is 5.11 Å². The molecule has 0 aromatic heterocycles. The molecule has 0 radical (unpaired) electrons. The number of amides is 10. The molecule has 0 unspecified atom stereocenters. The number of nitrogens with one attached hydrogen (secondary N) is 10. The lowest BCUT2D eigenvalue weighted by Crippen LogP contribution is -2.62. The maximum Gasteiger partial charge on any atom is 0.326 e. The summed E-state index contributed by atoms with van der Waals surface area (Å²) in [5.41, 5.74) is 2.37. The second kappa shape index (κ2) is 37.5. The Morgan fingerprint density at radius 3 is 0.722 bits per heavy atom. The monoisotopic (exact) mass is 1250 g/mol. The van der Waals surface area contributed by atoms with Crippen LogP contribution in [0.25, 0.3) is 0 Å². The van der Waals surface area contributed by atoms with Crippen molar-refractivity contribution in [3.05, 3.63) is 144 Å². The van der Waals surface area contributed by atoms with E-state index in [1.165, 1.54) is 6.92 Å². The van der Waals surface area contributed by atoms with Crippen LogP contribution in [-0.4, -0.2) is 200 Å². The third-order valence-corrected chi connectivity index (χ3v) is 13.5. The smallest absolute Gasteiger partial charge is 0.326 e. The summed E-state index contributed by atoms with van der Waals surface area (Å²) in [6, 6.07) is 17.0. The Morgan fingerprint density at radius 1 is 0.289 bits per heavy atom. The average Bonchev–Trinajstić information content (AvgIpc) is 3.12. The number of hydrogen-bond acceptors (Lipinski definition) is 17. The lowest BCUT2D eigenvalue weighted by molar-refractivity contribution is -0.144. The molecule has 4 aromatic rings. The molecule has 4 aromatic carbocycles. The number of rotatable bonds is 38. The minimum atomic E-state index is -2.02. The van der Waals surface area contributed by atoms with E-state index < -0.39 is 190 Å². The van der Waals surface area contributed by atoms with Gasteiger partial charge < -0.3 is 88.9 Å². The highest BCUT2D eigenvalue weighted by atomic mass is 16.4. The standard InChI is InChI=1S/C60H74N10O20/c1-34(75)61-41(26-35-14-6-2-7-15-35)52(81)64-42(27-36-16-8-3-9-17-36)53(82)65-43(28-37-18-10-4-11-19-37)54(83)66-44(29-38-20-12-5-13-21-38)55(84)67-46(31-72)57(86)69-48(33-74)59(88)70-47(32-73)58(87)68-45(30-71)56(85)62-39(22-24-49(76)77)51(80)63-40(60(89)90)23-25-50(78)79/h2-21,39-48,71-74H,22-33H2,1H3,(H,61,75)(H,62,85)(H,63,80)(H,64,81)(H,65,82)(H,66,83)(H,67,84)(H,68,87)(H,69,86)(H,70,88)(H,76,77)(H,78,79)(H,89,90)/t39-,40-,41-,42-,43-,44-,45-,46-,47-,48-/m0/s1. The highest BCUT2D eigenvalue weighted by Gasteiger charge is 2.36. The SMILES string of the molecule is CC(=O)N[C@@H](Cc1ccccc1)C(=O)N[C@@H](Cc1ccccc1)C(=O)N[C@@H](Cc1ccccc1)C(=O)N[C@@H](Cc1ccccc1)C(=O)N[C@@H](CO)C(=O)N[C@@H](CO)C(=O)N[C@@H](CO)C(=O)N[C@@H](CO)C(=O)N[C@@H](CCC(=O)O)C(=O)N[C@@H](CCC(=O)O)C(=O)O. The molecule has 0 saturated carbocycles. The van der Waals surface area contributed by atoms with Gasteiger partial charge in [0.2, 0.25) is 59.1 Å². The number of hydrogen-bond donors (Lipinski definition) is 17. The van der Waals surface area contributed by atoms with Crippen LogP contribution in [0.2, 0.25) is 0 Å². The number of carbonyl (C=O) groups is 13. The number of aliphatic hydroxyl groups excluding tert-OH is 4. The van der Waals surface area contributed by atoms with Gasteiger partial charge in [-0.15, -0.1) is 0 Å². The second-order valence-electron chi connectivity index (χ2n) is 20.5. The fourth-order valence-corrected chi connectivity index (χ4v) is 8.77. The molecule has 4 rings (SSSR count). The summed E-state index contributed by atoms with van der Waals surface area (Å²) in [6.45, 7) is -3.60. The molecule has 0 heterocycles. The van der Waals surface area contributed by atoms with Gasteiger partial charge in [0.05, 0.1) is 26.4 Å². The largest absolute Gasteiger partial charge is 0.481 e. The zero-order valence-electron chi connectivity index (χ0n) is 48.7. The van der Waals surface area contributed by atoms with Crippen LogP contribution in [0.1, 0.15) is 54.9 Å². The third kappa shape index (κ3) is 24.9. The van der Waals surface area contributed by atoms with Crippen LogP contribution < -0.4 is 53.2 Å². The van der Waals surface area contributed by atoms with Crippen molar-refractivity contribution in [3.63, 3.8) is 0 Å². The second-order valence-corrected chi connectivity index (χ2v) is 20.5. The molecule has 0 aliphatic heterocycles. The molecular formula is C60H74N10O20. The van der Waals surface area contributed by atoms with Crippen molar-refractivity contribution in [1.29, 1.82) is 0 Å². The Kier molecular flexibility index (Phi) is 30.1. The predicted octanol–water partition coefficient (Wildman–Crippen LogP) is -4.39. The predicted molar refractivity (Wildman–Crippen MR) is 315 cm³/mol. The first-order valence-corrected chi connectivity index (χ1v) is 28.2. The average molecular weight is 1260 g/mol. The van der Waals surface area contributed by atoms with E-state index in [9.17, 15) is 93.0 Å². The molecule has 0 spiro atoms. The molecule has 90 heavy (non-hydrogen) atoms. The number of benzene rings is 4. The number of aliphatic hydroxyl groups is 4. The summed E-state index contributed by atoms with van der Waals surface area (Å²) in [6.07, 6.45) is -3.18. The van der Waals surface area contributed by atoms with Gasteiger partial charge in [0.1, 0.15) is 60.4 Å². The van der Waals surface area contributed by atoms with Crippen molar-refractivity contribution in [1.82, 2.24) is 53.2 Å². The van der Waals surface area contributed by atoms with E-state index in [1.54, 1.807) is 121 Å². The molecule has 0 saturated heterocycles. The first-order chi connectivity index (χ1) is 42.9. The van der Waals surface area contributed by atoms with Crippen LogP contribution in [0, 0.1) is 0 Å². The lowest BCUT2D eigenvalue weighted by Gasteiger charge is -2.28. The Bertz CT molecular complexity index is 3090. The van der Waals surface area contributed by atoms with Gasteiger partial charge in [0.25, 0.3) is 0 Å². The summed E-state index contributed by atoms with van der Waals surface area (Å²) in [4.78, 5) is 171. The molecular weight excluding hydrogens is 1180 g/mol. The van der Waals surface area contributed by atoms with Crippen LogP contribution in [0.4, 0.5) is 0 Å². The minimum absolute atomic E-state index is 0.0652. The molecule has 0 bridgehead atoms. The van der Waals surface area contributed by atoms with E-state index in [2.05, 4.69) is 37.2 Å². The molecule has 10 amide bonds. The molecule has 30 nitrogen and oxygen atoms in total. The topological polar surface area (TPSA) is 484 Å². The van der Waals surface area contributed by atoms with Gasteiger partial charge >= 0.3 is 17.9 Å². The van der Waals surface area contributed by atoms with Crippen LogP contribution >= 0.6 is 0 Å². The van der Waals surface area contributed by atoms with E-state index >= 15 is 0 Å². The summed E-state index contributed by atoms with van der Waals surface area (Å²) < 4.78 is 0. The van der Waals surface area contributed by atoms with Crippen molar-refractivity contribution in [3.8, 4) is 0 Å². The minimum Gasteiger partial charge on any atom is -0.481 e. The van der Waals surface area contributed by atoms with Gasteiger partial charge in [-0.25, -0.2) is 4.79 Å². The van der Waals surface area contributed by atoms with Crippen molar-refractivity contribution < 1.29 is 98.1 Å². The van der Waals surface area contributed by atoms with Crippen molar-refractivity contribution in [2.45, 2.75) is 119 Å². The summed E-state index contributed by atoms with van der Waals surface area (Å²) in [7, 11) is 0. The van der Waals surface area contributed by atoms with Crippen LogP contribution in [0.15, 0.2) is 121 Å². The Balaban J connectivity index is 1.52. The fraction of sp³-hybridized carbons (Fsp3) is 0.383. The van der Waals surface area contributed by atoms with E-state index in [0.717, 1.165) is 0 Å². The van der Waals surface area contributed by atoms with Gasteiger partial charge in [-0.1, -0.05) is 121 Å². The van der Waals surface area contributed by atoms with Crippen LogP contribution in [0.5, 0.6) is 0 Å². The molecule has 10 atom stereocenters. The normalized spacial score (nSPS) is 14.2. The first kappa shape index (κ1) is 72.3. The highest BCUT2D eigenvalue weighted by molar-refractivity contribution is 5.99. The third-order valence-electron chi connectivity index (χ3n) is 13.5. The number of carbonyl (C=O) groups excluding carboxylic acids is 10. The summed E-state index contributed by atoms with van der Waals surface area (Å²) in [5.74, 6) is -15.3. The van der Waals surface area contributed by atoms with Crippen LogP contribution in [0.3, 0.4) is 0 Å². The number of carboxylic acids is 3.